The van der Waals surface area contributed by atoms with E-state index in [1.54, 1.807) is 0 Å². The molecule has 0 fully saturated rings. The molecule has 4 rings (SSSR count). The Kier molecular flexibility index (Phi) is 5.75. The van der Waals surface area contributed by atoms with E-state index in [0.717, 1.165) is 69.9 Å². The van der Waals surface area contributed by atoms with Crippen LogP contribution in [0.25, 0.3) is 10.9 Å². The largest absolute Gasteiger partial charge is 0.494 e. The van der Waals surface area contributed by atoms with Gasteiger partial charge in [0.25, 0.3) is 5.91 Å². The van der Waals surface area contributed by atoms with Crippen LogP contribution in [0.3, 0.4) is 0 Å². The molecule has 29 heavy (non-hydrogen) atoms. The quantitative estimate of drug-likeness (QED) is 0.526. The molecule has 2 aromatic carbocycles. The van der Waals surface area contributed by atoms with Gasteiger partial charge in [0.1, 0.15) is 11.4 Å². The van der Waals surface area contributed by atoms with Gasteiger partial charge in [0.05, 0.1) is 12.1 Å². The fourth-order valence-corrected chi connectivity index (χ4v) is 4.37. The zero-order chi connectivity index (χ0) is 20.5. The smallest absolute Gasteiger partial charge is 0.268 e. The first-order chi connectivity index (χ1) is 14.0. The molecule has 0 bridgehead atoms. The molecule has 0 radical (unpaired) electrons. The third kappa shape index (κ3) is 3.96. The lowest BCUT2D eigenvalue weighted by molar-refractivity contribution is 0.0950. The lowest BCUT2D eigenvalue weighted by atomic mass is 10.1. The number of nitrogens with zero attached hydrogens (tertiary/aromatic N) is 1. The van der Waals surface area contributed by atoms with Crippen LogP contribution >= 0.6 is 23.2 Å². The van der Waals surface area contributed by atoms with Crippen LogP contribution in [0.15, 0.2) is 30.3 Å². The molecule has 0 unspecified atom stereocenters. The second-order valence-electron chi connectivity index (χ2n) is 7.57. The minimum absolute atomic E-state index is 0.00492. The fraction of sp³-hybridized carbons (Fsp3) is 0.348. The third-order valence-corrected chi connectivity index (χ3v) is 6.27. The van der Waals surface area contributed by atoms with Gasteiger partial charge in [0, 0.05) is 28.5 Å². The number of benzene rings is 2. The maximum atomic E-state index is 12.7. The summed E-state index contributed by atoms with van der Waals surface area (Å²) in [4.78, 5) is 12.7. The molecule has 0 atom stereocenters. The summed E-state index contributed by atoms with van der Waals surface area (Å²) in [5.74, 6) is 0.823. The number of rotatable bonds is 5. The molecule has 2 heterocycles. The minimum Gasteiger partial charge on any atom is -0.494 e. The number of hydrogen-bond acceptors (Lipinski definition) is 2. The lowest BCUT2D eigenvalue weighted by Gasteiger charge is -2.10. The minimum atomic E-state index is -0.00492. The first kappa shape index (κ1) is 20.1. The number of amides is 1. The van der Waals surface area contributed by atoms with E-state index in [-0.39, 0.29) is 5.91 Å². The van der Waals surface area contributed by atoms with E-state index < -0.39 is 0 Å². The van der Waals surface area contributed by atoms with Gasteiger partial charge in [-0.15, -0.1) is 0 Å². The molecule has 1 aliphatic rings. The van der Waals surface area contributed by atoms with Crippen molar-refractivity contribution in [3.8, 4) is 5.75 Å². The molecule has 152 valence electrons. The number of carbonyl (C=O) groups excluding carboxylic acids is 1. The Morgan fingerprint density at radius 3 is 2.66 bits per heavy atom. The summed E-state index contributed by atoms with van der Waals surface area (Å²) in [5, 5.41) is 5.58. The Labute approximate surface area is 180 Å². The number of halogens is 2. The maximum absolute atomic E-state index is 12.7. The predicted molar refractivity (Wildman–Crippen MR) is 119 cm³/mol. The monoisotopic (exact) mass is 430 g/mol. The van der Waals surface area contributed by atoms with Crippen molar-refractivity contribution in [2.75, 3.05) is 13.2 Å². The fourth-order valence-electron chi connectivity index (χ4n) is 4.09. The normalized spacial score (nSPS) is 13.9. The van der Waals surface area contributed by atoms with Gasteiger partial charge in [0.2, 0.25) is 0 Å². The number of hydrogen-bond donors (Lipinski definition) is 1. The van der Waals surface area contributed by atoms with Gasteiger partial charge in [-0.3, -0.25) is 4.79 Å². The van der Waals surface area contributed by atoms with Crippen molar-refractivity contribution in [3.05, 3.63) is 62.8 Å². The van der Waals surface area contributed by atoms with Crippen molar-refractivity contribution in [1.29, 1.82) is 0 Å². The summed E-state index contributed by atoms with van der Waals surface area (Å²) in [6, 6.07) is 9.79. The van der Waals surface area contributed by atoms with Gasteiger partial charge in [-0.1, -0.05) is 29.3 Å². The molecule has 0 saturated heterocycles. The van der Waals surface area contributed by atoms with Crippen LogP contribution in [0.2, 0.25) is 10.0 Å². The highest BCUT2D eigenvalue weighted by Crippen LogP contribution is 2.31. The summed E-state index contributed by atoms with van der Waals surface area (Å²) in [6.45, 7) is 6.04. The van der Waals surface area contributed by atoms with Gasteiger partial charge in [-0.2, -0.15) is 0 Å². The van der Waals surface area contributed by atoms with E-state index in [0.29, 0.717) is 18.2 Å². The summed E-state index contributed by atoms with van der Waals surface area (Å²) in [7, 11) is 0. The first-order valence-corrected chi connectivity index (χ1v) is 10.7. The molecule has 1 N–H and O–H groups in total. The van der Waals surface area contributed by atoms with Crippen molar-refractivity contribution in [2.24, 2.45) is 0 Å². The van der Waals surface area contributed by atoms with Crippen LogP contribution in [0.4, 0.5) is 0 Å². The van der Waals surface area contributed by atoms with Crippen LogP contribution in [0.5, 0.6) is 5.75 Å². The van der Waals surface area contributed by atoms with Crippen molar-refractivity contribution in [2.45, 2.75) is 39.7 Å². The number of nitrogens with one attached hydrogen (secondary N) is 1. The Hall–Kier alpha value is -2.17. The van der Waals surface area contributed by atoms with Crippen LogP contribution < -0.4 is 10.1 Å². The zero-order valence-electron chi connectivity index (χ0n) is 16.6. The van der Waals surface area contributed by atoms with E-state index in [1.807, 2.05) is 44.2 Å². The van der Waals surface area contributed by atoms with Crippen LogP contribution in [0.1, 0.15) is 40.0 Å². The van der Waals surface area contributed by atoms with E-state index in [1.165, 1.54) is 0 Å². The second kappa shape index (κ2) is 8.29. The molecule has 1 aromatic heterocycles. The van der Waals surface area contributed by atoms with Crippen molar-refractivity contribution in [1.82, 2.24) is 9.88 Å². The zero-order valence-corrected chi connectivity index (χ0v) is 18.2. The summed E-state index contributed by atoms with van der Waals surface area (Å²) < 4.78 is 8.08. The number of carbonyl (C=O) groups is 1. The van der Waals surface area contributed by atoms with Crippen LogP contribution in [-0.4, -0.2) is 23.6 Å². The van der Waals surface area contributed by atoms with Gasteiger partial charge in [-0.25, -0.2) is 0 Å². The van der Waals surface area contributed by atoms with Gasteiger partial charge in [-0.05, 0) is 74.1 Å². The van der Waals surface area contributed by atoms with Gasteiger partial charge >= 0.3 is 0 Å². The number of aryl methyl sites for hydroxylation is 4. The molecular formula is C23H24Cl2N2O2. The highest BCUT2D eigenvalue weighted by atomic mass is 35.5. The standard InChI is InChI=1S/C23H24Cl2N2O2/c1-14-11-17(12-15(2)21(14)25)29-10-3-5-19-18-7-6-16(24)13-20(18)27-9-4-8-26-23(28)22(19)27/h6-7,11-13H,3-5,8-10H2,1-2H3,(H,26,28). The van der Waals surface area contributed by atoms with Crippen LogP contribution in [0, 0.1) is 13.8 Å². The molecule has 6 heteroatoms. The average Bonchev–Trinajstić information content (AvgIpc) is 2.85. The molecule has 1 amide bonds. The van der Waals surface area contributed by atoms with Crippen molar-refractivity contribution in [3.63, 3.8) is 0 Å². The molecule has 1 aliphatic heterocycles. The van der Waals surface area contributed by atoms with Crippen LogP contribution in [-0.2, 0) is 13.0 Å². The molecule has 0 aliphatic carbocycles. The predicted octanol–water partition coefficient (Wildman–Crippen LogP) is 5.71. The Bertz CT molecular complexity index is 1070. The number of aromatic nitrogens is 1. The highest BCUT2D eigenvalue weighted by Gasteiger charge is 2.24. The summed E-state index contributed by atoms with van der Waals surface area (Å²) in [5.41, 5.74) is 4.89. The Balaban J connectivity index is 1.56. The summed E-state index contributed by atoms with van der Waals surface area (Å²) in [6.07, 6.45) is 2.48. The summed E-state index contributed by atoms with van der Waals surface area (Å²) >= 11 is 12.5. The first-order valence-electron chi connectivity index (χ1n) is 9.94. The molecule has 0 spiro atoms. The third-order valence-electron chi connectivity index (χ3n) is 5.44. The number of ether oxygens (including phenoxy) is 1. The molecule has 3 aromatic rings. The average molecular weight is 431 g/mol. The molecule has 0 saturated carbocycles. The Morgan fingerprint density at radius 2 is 1.90 bits per heavy atom. The van der Waals surface area contributed by atoms with Gasteiger partial charge < -0.3 is 14.6 Å². The Morgan fingerprint density at radius 1 is 1.14 bits per heavy atom. The maximum Gasteiger partial charge on any atom is 0.268 e. The molecule has 4 nitrogen and oxygen atoms in total. The number of fused-ring (bicyclic) bond motifs is 3. The molecular weight excluding hydrogens is 407 g/mol. The van der Waals surface area contributed by atoms with E-state index in [4.69, 9.17) is 27.9 Å². The SMILES string of the molecule is Cc1cc(OCCCc2c3n(c4cc(Cl)ccc24)CCCNC3=O)cc(C)c1Cl. The van der Waals surface area contributed by atoms with E-state index >= 15 is 0 Å². The van der Waals surface area contributed by atoms with E-state index in [2.05, 4.69) is 9.88 Å². The highest BCUT2D eigenvalue weighted by molar-refractivity contribution is 6.32. The topological polar surface area (TPSA) is 43.3 Å². The van der Waals surface area contributed by atoms with Crippen molar-refractivity contribution >= 4 is 40.0 Å². The van der Waals surface area contributed by atoms with E-state index in [9.17, 15) is 4.79 Å². The second-order valence-corrected chi connectivity index (χ2v) is 8.39. The van der Waals surface area contributed by atoms with Crippen molar-refractivity contribution < 1.29 is 9.53 Å². The lowest BCUT2D eigenvalue weighted by Crippen LogP contribution is -2.24. The van der Waals surface area contributed by atoms with Gasteiger partial charge in [0.15, 0.2) is 0 Å².